The number of hydrogen-bond donors (Lipinski definition) is 1. The van der Waals surface area contributed by atoms with Gasteiger partial charge in [-0.15, -0.1) is 0 Å². The number of benzene rings is 2. The van der Waals surface area contributed by atoms with Gasteiger partial charge in [0.15, 0.2) is 5.82 Å². The Balaban J connectivity index is 2.00. The fourth-order valence-corrected chi connectivity index (χ4v) is 3.91. The summed E-state index contributed by atoms with van der Waals surface area (Å²) in [5.74, 6) is -0.488. The highest BCUT2D eigenvalue weighted by Crippen LogP contribution is 2.45. The van der Waals surface area contributed by atoms with E-state index in [1.54, 1.807) is 55.5 Å². The number of aromatic nitrogens is 1. The van der Waals surface area contributed by atoms with E-state index < -0.39 is 17.7 Å². The molecule has 1 atom stereocenters. The first-order valence-corrected chi connectivity index (χ1v) is 10.4. The number of anilines is 1. The Bertz CT molecular complexity index is 1230. The predicted molar refractivity (Wildman–Crippen MR) is 120 cm³/mol. The van der Waals surface area contributed by atoms with Gasteiger partial charge in [0, 0.05) is 21.7 Å². The number of aliphatic hydroxyl groups is 1. The summed E-state index contributed by atoms with van der Waals surface area (Å²) in [4.78, 5) is 27.5. The lowest BCUT2D eigenvalue weighted by Crippen LogP contribution is -2.30. The van der Waals surface area contributed by atoms with Crippen LogP contribution in [-0.4, -0.2) is 36.2 Å². The zero-order valence-electron chi connectivity index (χ0n) is 17.5. The van der Waals surface area contributed by atoms with Gasteiger partial charge in [0.1, 0.15) is 29.1 Å². The van der Waals surface area contributed by atoms with E-state index in [9.17, 15) is 14.7 Å². The van der Waals surface area contributed by atoms with Crippen molar-refractivity contribution in [1.82, 2.24) is 5.16 Å². The van der Waals surface area contributed by atoms with Crippen molar-refractivity contribution in [3.05, 3.63) is 75.5 Å². The molecule has 2 heterocycles. The molecular formula is C23H19BrN2O6. The molecule has 1 fully saturated rings. The van der Waals surface area contributed by atoms with Gasteiger partial charge in [-0.3, -0.25) is 14.5 Å². The number of methoxy groups -OCH3 is 2. The maximum Gasteiger partial charge on any atom is 0.301 e. The lowest BCUT2D eigenvalue weighted by Gasteiger charge is -2.24. The molecule has 164 valence electrons. The number of nitrogens with zero attached hydrogens (tertiary/aromatic N) is 2. The number of halogens is 1. The minimum absolute atomic E-state index is 0.0930. The maximum absolute atomic E-state index is 13.2. The van der Waals surface area contributed by atoms with Crippen LogP contribution in [0.1, 0.15) is 22.9 Å². The first-order chi connectivity index (χ1) is 15.3. The molecular weight excluding hydrogens is 480 g/mol. The largest absolute Gasteiger partial charge is 0.507 e. The Morgan fingerprint density at radius 3 is 2.41 bits per heavy atom. The predicted octanol–water partition coefficient (Wildman–Crippen LogP) is 4.39. The number of aryl methyl sites for hydroxylation is 1. The van der Waals surface area contributed by atoms with Crippen molar-refractivity contribution in [2.45, 2.75) is 13.0 Å². The highest BCUT2D eigenvalue weighted by molar-refractivity contribution is 9.10. The molecule has 1 aliphatic rings. The first kappa shape index (κ1) is 21.6. The van der Waals surface area contributed by atoms with E-state index >= 15 is 0 Å². The zero-order chi connectivity index (χ0) is 23.0. The standard InChI is InChI=1S/C23H19BrN2O6/c1-12-10-18(25-32-12)26-20(16-11-15(30-2)8-9-17(16)31-3)19(22(28)23(26)29)21(27)13-4-6-14(24)7-5-13/h4-11,20,27H,1-3H3/b21-19+/t20-/m1/s1. The summed E-state index contributed by atoms with van der Waals surface area (Å²) in [5, 5.41) is 15.1. The molecule has 8 nitrogen and oxygen atoms in total. The first-order valence-electron chi connectivity index (χ1n) is 9.58. The number of carbonyl (C=O) groups excluding carboxylic acids is 2. The minimum Gasteiger partial charge on any atom is -0.507 e. The monoisotopic (exact) mass is 498 g/mol. The fourth-order valence-electron chi connectivity index (χ4n) is 3.65. The van der Waals surface area contributed by atoms with Gasteiger partial charge in [0.25, 0.3) is 5.78 Å². The Labute approximate surface area is 192 Å². The van der Waals surface area contributed by atoms with Crippen molar-refractivity contribution < 1.29 is 28.7 Å². The Hall–Kier alpha value is -3.59. The molecule has 0 radical (unpaired) electrons. The van der Waals surface area contributed by atoms with Crippen molar-refractivity contribution in [3.8, 4) is 11.5 Å². The lowest BCUT2D eigenvalue weighted by molar-refractivity contribution is -0.132. The van der Waals surface area contributed by atoms with E-state index in [0.29, 0.717) is 28.4 Å². The molecule has 2 aromatic carbocycles. The molecule has 3 aromatic rings. The smallest absolute Gasteiger partial charge is 0.301 e. The number of amides is 1. The van der Waals surface area contributed by atoms with Crippen LogP contribution in [0.15, 0.2) is 63.1 Å². The molecule has 1 N–H and O–H groups in total. The second kappa shape index (κ2) is 8.51. The molecule has 1 aromatic heterocycles. The minimum atomic E-state index is -1.02. The molecule has 1 saturated heterocycles. The number of ketones is 1. The average molecular weight is 499 g/mol. The SMILES string of the molecule is COc1ccc(OC)c([C@@H]2/C(=C(\O)c3ccc(Br)cc3)C(=O)C(=O)N2c2cc(C)on2)c1. The van der Waals surface area contributed by atoms with Crippen molar-refractivity contribution in [1.29, 1.82) is 0 Å². The van der Waals surface area contributed by atoms with E-state index in [1.165, 1.54) is 19.1 Å². The van der Waals surface area contributed by atoms with Crippen LogP contribution in [0.4, 0.5) is 5.82 Å². The summed E-state index contributed by atoms with van der Waals surface area (Å²) in [7, 11) is 2.98. The number of hydrogen-bond acceptors (Lipinski definition) is 7. The molecule has 4 rings (SSSR count). The second-order valence-electron chi connectivity index (χ2n) is 7.08. The summed E-state index contributed by atoms with van der Waals surface area (Å²) >= 11 is 3.35. The third-order valence-corrected chi connectivity index (χ3v) is 5.68. The third-order valence-electron chi connectivity index (χ3n) is 5.16. The highest BCUT2D eigenvalue weighted by atomic mass is 79.9. The molecule has 0 unspecified atom stereocenters. The van der Waals surface area contributed by atoms with Crippen molar-refractivity contribution >= 4 is 39.2 Å². The molecule has 1 amide bonds. The van der Waals surface area contributed by atoms with Crippen LogP contribution in [0.25, 0.3) is 5.76 Å². The quantitative estimate of drug-likeness (QED) is 0.316. The topological polar surface area (TPSA) is 102 Å². The Kier molecular flexibility index (Phi) is 5.75. The number of carbonyl (C=O) groups is 2. The lowest BCUT2D eigenvalue weighted by atomic mass is 9.94. The van der Waals surface area contributed by atoms with Crippen molar-refractivity contribution in [2.24, 2.45) is 0 Å². The fraction of sp³-hybridized carbons (Fsp3) is 0.174. The maximum atomic E-state index is 13.2. The molecule has 0 saturated carbocycles. The number of ether oxygens (including phenoxy) is 2. The van der Waals surface area contributed by atoms with Gasteiger partial charge < -0.3 is 19.1 Å². The van der Waals surface area contributed by atoms with Gasteiger partial charge in [-0.1, -0.05) is 33.2 Å². The van der Waals surface area contributed by atoms with Gasteiger partial charge in [0.2, 0.25) is 0 Å². The Morgan fingerprint density at radius 1 is 1.09 bits per heavy atom. The molecule has 1 aliphatic heterocycles. The zero-order valence-corrected chi connectivity index (χ0v) is 19.0. The number of Topliss-reactive ketones (excluding diaryl/α,β-unsaturated/α-hetero) is 1. The summed E-state index contributed by atoms with van der Waals surface area (Å²) in [6.07, 6.45) is 0. The van der Waals surface area contributed by atoms with E-state index in [0.717, 1.165) is 4.47 Å². The molecule has 0 aliphatic carbocycles. The van der Waals surface area contributed by atoms with Crippen LogP contribution >= 0.6 is 15.9 Å². The molecule has 0 spiro atoms. The Morgan fingerprint density at radius 2 is 1.81 bits per heavy atom. The van der Waals surface area contributed by atoms with Crippen LogP contribution in [0, 0.1) is 6.92 Å². The van der Waals surface area contributed by atoms with Gasteiger partial charge in [-0.25, -0.2) is 0 Å². The summed E-state index contributed by atoms with van der Waals surface area (Å²) < 4.78 is 16.8. The highest BCUT2D eigenvalue weighted by Gasteiger charge is 2.49. The summed E-state index contributed by atoms with van der Waals surface area (Å²) in [5.41, 5.74) is 0.740. The molecule has 0 bridgehead atoms. The van der Waals surface area contributed by atoms with E-state index in [-0.39, 0.29) is 17.2 Å². The molecule has 32 heavy (non-hydrogen) atoms. The van der Waals surface area contributed by atoms with E-state index in [1.807, 2.05) is 0 Å². The van der Waals surface area contributed by atoms with Gasteiger partial charge >= 0.3 is 5.91 Å². The van der Waals surface area contributed by atoms with Crippen LogP contribution in [0.5, 0.6) is 11.5 Å². The van der Waals surface area contributed by atoms with Crippen LogP contribution in [0.3, 0.4) is 0 Å². The summed E-state index contributed by atoms with van der Waals surface area (Å²) in [6, 6.07) is 12.3. The van der Waals surface area contributed by atoms with Crippen molar-refractivity contribution in [3.63, 3.8) is 0 Å². The van der Waals surface area contributed by atoms with Crippen LogP contribution in [-0.2, 0) is 9.59 Å². The van der Waals surface area contributed by atoms with Crippen molar-refractivity contribution in [2.75, 3.05) is 19.1 Å². The number of aliphatic hydroxyl groups excluding tert-OH is 1. The van der Waals surface area contributed by atoms with Crippen LogP contribution in [0.2, 0.25) is 0 Å². The normalized spacial score (nSPS) is 17.6. The third kappa shape index (κ3) is 3.64. The van der Waals surface area contributed by atoms with E-state index in [4.69, 9.17) is 14.0 Å². The van der Waals surface area contributed by atoms with Gasteiger partial charge in [-0.05, 0) is 37.3 Å². The van der Waals surface area contributed by atoms with Crippen LogP contribution < -0.4 is 14.4 Å². The average Bonchev–Trinajstić information content (AvgIpc) is 3.33. The van der Waals surface area contributed by atoms with Gasteiger partial charge in [0.05, 0.1) is 19.8 Å². The van der Waals surface area contributed by atoms with E-state index in [2.05, 4.69) is 21.1 Å². The second-order valence-corrected chi connectivity index (χ2v) is 8.00. The summed E-state index contributed by atoms with van der Waals surface area (Å²) in [6.45, 7) is 1.68. The van der Waals surface area contributed by atoms with Gasteiger partial charge in [-0.2, -0.15) is 0 Å². The number of rotatable bonds is 5. The molecule has 9 heteroatoms.